The van der Waals surface area contributed by atoms with E-state index in [4.69, 9.17) is 9.47 Å². The summed E-state index contributed by atoms with van der Waals surface area (Å²) < 4.78 is 10.7. The summed E-state index contributed by atoms with van der Waals surface area (Å²) in [6, 6.07) is 19.7. The van der Waals surface area contributed by atoms with Gasteiger partial charge in [0, 0.05) is 18.0 Å². The van der Waals surface area contributed by atoms with Gasteiger partial charge in [-0.2, -0.15) is 0 Å². The highest BCUT2D eigenvalue weighted by Crippen LogP contribution is 2.28. The third kappa shape index (κ3) is 4.47. The summed E-state index contributed by atoms with van der Waals surface area (Å²) in [6.07, 6.45) is 4.12. The molecule has 0 aliphatic carbocycles. The van der Waals surface area contributed by atoms with Gasteiger partial charge in [-0.3, -0.25) is 4.79 Å². The second-order valence-corrected chi connectivity index (χ2v) is 6.09. The molecule has 3 aromatic carbocycles. The van der Waals surface area contributed by atoms with Gasteiger partial charge in [-0.25, -0.2) is 0 Å². The summed E-state index contributed by atoms with van der Waals surface area (Å²) in [4.78, 5) is 12.2. The summed E-state index contributed by atoms with van der Waals surface area (Å²) >= 11 is 0. The van der Waals surface area contributed by atoms with Gasteiger partial charge in [-0.15, -0.1) is 0 Å². The molecule has 0 saturated carbocycles. The van der Waals surface area contributed by atoms with Crippen LogP contribution in [0.1, 0.15) is 11.1 Å². The van der Waals surface area contributed by atoms with E-state index in [1.807, 2.05) is 66.7 Å². The topological polar surface area (TPSA) is 47.6 Å². The Morgan fingerprint density at radius 2 is 1.59 bits per heavy atom. The predicted octanol–water partition coefficient (Wildman–Crippen LogP) is 4.23. The zero-order valence-corrected chi connectivity index (χ0v) is 15.6. The summed E-state index contributed by atoms with van der Waals surface area (Å²) in [6.45, 7) is 0.549. The molecule has 4 nitrogen and oxygen atoms in total. The SMILES string of the molecule is COc1ccccc1CCNC(=O)/C=C/c1ccc(OC)c2ccccc12. The van der Waals surface area contributed by atoms with Gasteiger partial charge >= 0.3 is 0 Å². The Morgan fingerprint density at radius 1 is 0.889 bits per heavy atom. The highest BCUT2D eigenvalue weighted by Gasteiger charge is 2.05. The smallest absolute Gasteiger partial charge is 0.244 e. The maximum atomic E-state index is 12.2. The Hall–Kier alpha value is -3.27. The molecule has 138 valence electrons. The number of hydrogen-bond acceptors (Lipinski definition) is 3. The molecule has 0 atom stereocenters. The first kappa shape index (κ1) is 18.5. The van der Waals surface area contributed by atoms with Crippen LogP contribution < -0.4 is 14.8 Å². The molecule has 1 N–H and O–H groups in total. The van der Waals surface area contributed by atoms with E-state index in [-0.39, 0.29) is 5.91 Å². The first-order valence-corrected chi connectivity index (χ1v) is 8.86. The van der Waals surface area contributed by atoms with E-state index < -0.39 is 0 Å². The Morgan fingerprint density at radius 3 is 2.37 bits per heavy atom. The zero-order valence-electron chi connectivity index (χ0n) is 15.6. The summed E-state index contributed by atoms with van der Waals surface area (Å²) in [5.41, 5.74) is 2.05. The number of fused-ring (bicyclic) bond motifs is 1. The van der Waals surface area contributed by atoms with Crippen LogP contribution in [0.3, 0.4) is 0 Å². The first-order chi connectivity index (χ1) is 13.2. The lowest BCUT2D eigenvalue weighted by molar-refractivity contribution is -0.116. The number of ether oxygens (including phenoxy) is 2. The Balaban J connectivity index is 1.64. The molecule has 3 rings (SSSR count). The van der Waals surface area contributed by atoms with Crippen LogP contribution in [-0.2, 0) is 11.2 Å². The van der Waals surface area contributed by atoms with Gasteiger partial charge in [-0.05, 0) is 41.1 Å². The standard InChI is InChI=1S/C23H23NO3/c1-26-21-10-6-3-7-18(21)15-16-24-23(25)14-12-17-11-13-22(27-2)20-9-5-4-8-19(17)20/h3-14H,15-16H2,1-2H3,(H,24,25)/b14-12+. The van der Waals surface area contributed by atoms with Crippen LogP contribution in [0, 0.1) is 0 Å². The fourth-order valence-corrected chi connectivity index (χ4v) is 3.07. The van der Waals surface area contributed by atoms with Crippen LogP contribution >= 0.6 is 0 Å². The van der Waals surface area contributed by atoms with Crippen molar-refractivity contribution >= 4 is 22.8 Å². The van der Waals surface area contributed by atoms with Crippen molar-refractivity contribution in [3.63, 3.8) is 0 Å². The highest BCUT2D eigenvalue weighted by molar-refractivity contribution is 5.98. The third-order valence-corrected chi connectivity index (χ3v) is 4.44. The Kier molecular flexibility index (Phi) is 6.10. The van der Waals surface area contributed by atoms with Crippen LogP contribution in [0.4, 0.5) is 0 Å². The minimum Gasteiger partial charge on any atom is -0.496 e. The summed E-state index contributed by atoms with van der Waals surface area (Å²) in [7, 11) is 3.31. The van der Waals surface area contributed by atoms with Crippen molar-refractivity contribution in [2.45, 2.75) is 6.42 Å². The van der Waals surface area contributed by atoms with E-state index in [1.54, 1.807) is 20.3 Å². The summed E-state index contributed by atoms with van der Waals surface area (Å²) in [5, 5.41) is 4.99. The van der Waals surface area contributed by atoms with Gasteiger partial charge in [0.15, 0.2) is 0 Å². The normalized spacial score (nSPS) is 10.9. The minimum atomic E-state index is -0.121. The van der Waals surface area contributed by atoms with Gasteiger partial charge < -0.3 is 14.8 Å². The van der Waals surface area contributed by atoms with E-state index in [9.17, 15) is 4.79 Å². The predicted molar refractivity (Wildman–Crippen MR) is 109 cm³/mol. The molecule has 0 spiro atoms. The maximum absolute atomic E-state index is 12.2. The molecule has 0 radical (unpaired) electrons. The molecule has 0 bridgehead atoms. The molecular formula is C23H23NO3. The molecule has 0 fully saturated rings. The van der Waals surface area contributed by atoms with Crippen molar-refractivity contribution in [2.24, 2.45) is 0 Å². The number of nitrogens with one attached hydrogen (secondary N) is 1. The van der Waals surface area contributed by atoms with E-state index in [1.165, 1.54) is 0 Å². The number of hydrogen-bond donors (Lipinski definition) is 1. The minimum absolute atomic E-state index is 0.121. The zero-order chi connectivity index (χ0) is 19.1. The highest BCUT2D eigenvalue weighted by atomic mass is 16.5. The molecule has 4 heteroatoms. The number of amides is 1. The number of carbonyl (C=O) groups is 1. The number of methoxy groups -OCH3 is 2. The molecule has 0 aliphatic rings. The van der Waals surface area contributed by atoms with Crippen LogP contribution in [0.25, 0.3) is 16.8 Å². The average molecular weight is 361 g/mol. The molecule has 0 heterocycles. The fraction of sp³-hybridized carbons (Fsp3) is 0.174. The quantitative estimate of drug-likeness (QED) is 0.641. The Labute approximate surface area is 159 Å². The van der Waals surface area contributed by atoms with Crippen molar-refractivity contribution in [1.29, 1.82) is 0 Å². The second-order valence-electron chi connectivity index (χ2n) is 6.09. The molecule has 0 aliphatic heterocycles. The van der Waals surface area contributed by atoms with Crippen molar-refractivity contribution in [3.8, 4) is 11.5 Å². The molecular weight excluding hydrogens is 338 g/mol. The van der Waals surface area contributed by atoms with Gasteiger partial charge in [0.25, 0.3) is 0 Å². The molecule has 0 saturated heterocycles. The monoisotopic (exact) mass is 361 g/mol. The van der Waals surface area contributed by atoms with Crippen molar-refractivity contribution < 1.29 is 14.3 Å². The third-order valence-electron chi connectivity index (χ3n) is 4.44. The first-order valence-electron chi connectivity index (χ1n) is 8.86. The van der Waals surface area contributed by atoms with Crippen molar-refractivity contribution in [1.82, 2.24) is 5.32 Å². The summed E-state index contributed by atoms with van der Waals surface area (Å²) in [5.74, 6) is 1.54. The number of rotatable bonds is 7. The molecule has 27 heavy (non-hydrogen) atoms. The van der Waals surface area contributed by atoms with E-state index >= 15 is 0 Å². The van der Waals surface area contributed by atoms with Crippen LogP contribution in [-0.4, -0.2) is 26.7 Å². The maximum Gasteiger partial charge on any atom is 0.244 e. The lowest BCUT2D eigenvalue weighted by Gasteiger charge is -2.09. The molecule has 1 amide bonds. The Bertz CT molecular complexity index is 963. The van der Waals surface area contributed by atoms with Gasteiger partial charge in [-0.1, -0.05) is 48.5 Å². The van der Waals surface area contributed by atoms with E-state index in [2.05, 4.69) is 5.32 Å². The second kappa shape index (κ2) is 8.90. The molecule has 0 aromatic heterocycles. The lowest BCUT2D eigenvalue weighted by atomic mass is 10.0. The number of carbonyl (C=O) groups excluding carboxylic acids is 1. The fourth-order valence-electron chi connectivity index (χ4n) is 3.07. The van der Waals surface area contributed by atoms with Crippen LogP contribution in [0.2, 0.25) is 0 Å². The number of para-hydroxylation sites is 1. The van der Waals surface area contributed by atoms with Crippen molar-refractivity contribution in [3.05, 3.63) is 77.9 Å². The van der Waals surface area contributed by atoms with Gasteiger partial charge in [0.2, 0.25) is 5.91 Å². The molecule has 0 unspecified atom stereocenters. The number of benzene rings is 3. The van der Waals surface area contributed by atoms with E-state index in [0.717, 1.165) is 39.8 Å². The largest absolute Gasteiger partial charge is 0.496 e. The van der Waals surface area contributed by atoms with Gasteiger partial charge in [0.05, 0.1) is 14.2 Å². The van der Waals surface area contributed by atoms with Crippen molar-refractivity contribution in [2.75, 3.05) is 20.8 Å². The van der Waals surface area contributed by atoms with Gasteiger partial charge in [0.1, 0.15) is 11.5 Å². The van der Waals surface area contributed by atoms with Crippen LogP contribution in [0.15, 0.2) is 66.7 Å². The van der Waals surface area contributed by atoms with E-state index in [0.29, 0.717) is 6.54 Å². The average Bonchev–Trinajstić information content (AvgIpc) is 2.72. The lowest BCUT2D eigenvalue weighted by Crippen LogP contribution is -2.23. The van der Waals surface area contributed by atoms with Crippen LogP contribution in [0.5, 0.6) is 11.5 Å². The molecule has 3 aromatic rings.